The lowest BCUT2D eigenvalue weighted by molar-refractivity contribution is -0.112. The van der Waals surface area contributed by atoms with Gasteiger partial charge in [-0.2, -0.15) is 0 Å². The molecule has 0 radical (unpaired) electrons. The summed E-state index contributed by atoms with van der Waals surface area (Å²) in [7, 11) is 3.93. The third-order valence-corrected chi connectivity index (χ3v) is 2.25. The minimum atomic E-state index is -0.229. The van der Waals surface area contributed by atoms with Crippen LogP contribution in [0.2, 0.25) is 0 Å². The molecule has 0 spiro atoms. The fraction of sp³-hybridized carbons (Fsp3) is 0.182. The van der Waals surface area contributed by atoms with Crippen LogP contribution in [-0.2, 0) is 4.79 Å². The summed E-state index contributed by atoms with van der Waals surface area (Å²) in [5.41, 5.74) is 1.84. The second-order valence-electron chi connectivity index (χ2n) is 3.30. The molecule has 0 saturated heterocycles. The largest absolute Gasteiger partial charge is 0.378 e. The summed E-state index contributed by atoms with van der Waals surface area (Å²) < 4.78 is 0.319. The molecular formula is C11H14BrClN2O. The molecule has 0 saturated carbocycles. The maximum absolute atomic E-state index is 11.3. The van der Waals surface area contributed by atoms with Gasteiger partial charge >= 0.3 is 0 Å². The Hall–Kier alpha value is -1.00. The van der Waals surface area contributed by atoms with Gasteiger partial charge in [-0.15, -0.1) is 12.4 Å². The smallest absolute Gasteiger partial charge is 0.262 e. The van der Waals surface area contributed by atoms with Crippen molar-refractivity contribution in [3.05, 3.63) is 35.3 Å². The fourth-order valence-corrected chi connectivity index (χ4v) is 1.14. The van der Waals surface area contributed by atoms with Crippen molar-refractivity contribution >= 4 is 45.6 Å². The highest BCUT2D eigenvalue weighted by Gasteiger charge is 2.03. The molecule has 0 aliphatic carbocycles. The van der Waals surface area contributed by atoms with Gasteiger partial charge in [0.2, 0.25) is 0 Å². The highest BCUT2D eigenvalue weighted by molar-refractivity contribution is 9.12. The van der Waals surface area contributed by atoms with Crippen molar-refractivity contribution in [3.8, 4) is 0 Å². The number of halogens is 2. The molecule has 1 amide bonds. The number of carbonyl (C=O) groups excluding carboxylic acids is 1. The van der Waals surface area contributed by atoms with Crippen molar-refractivity contribution < 1.29 is 4.79 Å². The molecule has 1 aromatic carbocycles. The predicted molar refractivity (Wildman–Crippen MR) is 74.7 cm³/mol. The van der Waals surface area contributed by atoms with Crippen LogP contribution >= 0.6 is 28.3 Å². The molecule has 16 heavy (non-hydrogen) atoms. The van der Waals surface area contributed by atoms with Crippen LogP contribution in [-0.4, -0.2) is 20.0 Å². The van der Waals surface area contributed by atoms with Crippen LogP contribution < -0.4 is 10.2 Å². The number of benzene rings is 1. The van der Waals surface area contributed by atoms with Crippen molar-refractivity contribution in [1.82, 2.24) is 0 Å². The van der Waals surface area contributed by atoms with E-state index in [1.807, 2.05) is 43.3 Å². The number of carbonyl (C=O) groups is 1. The first-order valence-electron chi connectivity index (χ1n) is 4.44. The Kier molecular flexibility index (Phi) is 6.14. The molecule has 0 heterocycles. The van der Waals surface area contributed by atoms with E-state index in [4.69, 9.17) is 0 Å². The number of hydrogen-bond donors (Lipinski definition) is 1. The molecule has 0 aliphatic heterocycles. The van der Waals surface area contributed by atoms with Crippen molar-refractivity contribution in [1.29, 1.82) is 0 Å². The zero-order valence-electron chi connectivity index (χ0n) is 9.16. The van der Waals surface area contributed by atoms with E-state index in [0.717, 1.165) is 11.4 Å². The third-order valence-electron chi connectivity index (χ3n) is 1.89. The summed E-state index contributed by atoms with van der Waals surface area (Å²) in [6.07, 6.45) is 0. The Balaban J connectivity index is 0.00000225. The maximum Gasteiger partial charge on any atom is 0.262 e. The molecular weight excluding hydrogens is 291 g/mol. The fourth-order valence-electron chi connectivity index (χ4n) is 1.04. The molecule has 3 nitrogen and oxygen atoms in total. The number of rotatable bonds is 3. The van der Waals surface area contributed by atoms with Gasteiger partial charge in [0.1, 0.15) is 0 Å². The van der Waals surface area contributed by atoms with Gasteiger partial charge in [0.05, 0.1) is 4.48 Å². The maximum atomic E-state index is 11.3. The number of nitrogens with zero attached hydrogens (tertiary/aromatic N) is 1. The quantitative estimate of drug-likeness (QED) is 0.871. The number of nitrogens with one attached hydrogen (secondary N) is 1. The van der Waals surface area contributed by atoms with Crippen LogP contribution in [0.4, 0.5) is 11.4 Å². The normalized spacial score (nSPS) is 8.94. The van der Waals surface area contributed by atoms with Crippen molar-refractivity contribution in [2.75, 3.05) is 24.3 Å². The van der Waals surface area contributed by atoms with Crippen LogP contribution in [0.1, 0.15) is 0 Å². The lowest BCUT2D eigenvalue weighted by atomic mass is 10.2. The molecule has 1 N–H and O–H groups in total. The van der Waals surface area contributed by atoms with Crippen LogP contribution in [0, 0.1) is 0 Å². The molecule has 0 atom stereocenters. The SMILES string of the molecule is C=C(Br)C(=O)Nc1ccc(N(C)C)cc1.Cl. The van der Waals surface area contributed by atoms with Crippen molar-refractivity contribution in [2.45, 2.75) is 0 Å². The van der Waals surface area contributed by atoms with Gasteiger partial charge < -0.3 is 10.2 Å². The second kappa shape index (κ2) is 6.55. The van der Waals surface area contributed by atoms with E-state index >= 15 is 0 Å². The van der Waals surface area contributed by atoms with Gasteiger partial charge in [-0.1, -0.05) is 6.58 Å². The Morgan fingerprint density at radius 2 is 1.81 bits per heavy atom. The number of hydrogen-bond acceptors (Lipinski definition) is 2. The molecule has 1 rings (SSSR count). The van der Waals surface area contributed by atoms with Crippen LogP contribution in [0.25, 0.3) is 0 Å². The first-order chi connectivity index (χ1) is 7.00. The number of amides is 1. The summed E-state index contributed by atoms with van der Waals surface area (Å²) in [4.78, 5) is 13.3. The lowest BCUT2D eigenvalue weighted by Gasteiger charge is -2.12. The molecule has 1 aromatic rings. The highest BCUT2D eigenvalue weighted by atomic mass is 79.9. The van der Waals surface area contributed by atoms with Gasteiger partial charge in [0.15, 0.2) is 0 Å². The molecule has 5 heteroatoms. The van der Waals surface area contributed by atoms with Crippen LogP contribution in [0.3, 0.4) is 0 Å². The highest BCUT2D eigenvalue weighted by Crippen LogP contribution is 2.16. The van der Waals surface area contributed by atoms with Gasteiger partial charge in [-0.05, 0) is 40.2 Å². The Morgan fingerprint density at radius 1 is 1.31 bits per heavy atom. The van der Waals surface area contributed by atoms with E-state index in [0.29, 0.717) is 4.48 Å². The lowest BCUT2D eigenvalue weighted by Crippen LogP contribution is -2.11. The van der Waals surface area contributed by atoms with E-state index < -0.39 is 0 Å². The van der Waals surface area contributed by atoms with Gasteiger partial charge in [0.25, 0.3) is 5.91 Å². The van der Waals surface area contributed by atoms with E-state index in [-0.39, 0.29) is 18.3 Å². The van der Waals surface area contributed by atoms with Crippen LogP contribution in [0.5, 0.6) is 0 Å². The number of anilines is 2. The Labute approximate surface area is 110 Å². The minimum Gasteiger partial charge on any atom is -0.378 e. The van der Waals surface area contributed by atoms with Crippen LogP contribution in [0.15, 0.2) is 35.3 Å². The Morgan fingerprint density at radius 3 is 2.19 bits per heavy atom. The molecule has 88 valence electrons. The average Bonchev–Trinajstić information content (AvgIpc) is 2.18. The van der Waals surface area contributed by atoms with Gasteiger partial charge in [0, 0.05) is 25.5 Å². The summed E-state index contributed by atoms with van der Waals surface area (Å²) in [6, 6.07) is 7.57. The molecule has 0 aliphatic rings. The molecule has 0 fully saturated rings. The first kappa shape index (κ1) is 15.0. The standard InChI is InChI=1S/C11H13BrN2O.ClH/c1-8(12)11(15)13-9-4-6-10(7-5-9)14(2)3;/h4-7H,1H2,2-3H3,(H,13,15);1H. The van der Waals surface area contributed by atoms with E-state index in [1.54, 1.807) is 0 Å². The zero-order chi connectivity index (χ0) is 11.4. The van der Waals surface area contributed by atoms with E-state index in [2.05, 4.69) is 27.8 Å². The van der Waals surface area contributed by atoms with Gasteiger partial charge in [-0.3, -0.25) is 4.79 Å². The average molecular weight is 306 g/mol. The molecule has 0 bridgehead atoms. The van der Waals surface area contributed by atoms with E-state index in [9.17, 15) is 4.79 Å². The minimum absolute atomic E-state index is 0. The van der Waals surface area contributed by atoms with E-state index in [1.165, 1.54) is 0 Å². The molecule has 0 aromatic heterocycles. The topological polar surface area (TPSA) is 32.3 Å². The second-order valence-corrected chi connectivity index (χ2v) is 4.26. The molecule has 0 unspecified atom stereocenters. The monoisotopic (exact) mass is 304 g/mol. The third kappa shape index (κ3) is 4.24. The van der Waals surface area contributed by atoms with Crippen molar-refractivity contribution in [2.24, 2.45) is 0 Å². The predicted octanol–water partition coefficient (Wildman–Crippen LogP) is 3.02. The summed E-state index contributed by atoms with van der Waals surface area (Å²) >= 11 is 3.02. The summed E-state index contributed by atoms with van der Waals surface area (Å²) in [5.74, 6) is -0.229. The van der Waals surface area contributed by atoms with Gasteiger partial charge in [-0.25, -0.2) is 0 Å². The first-order valence-corrected chi connectivity index (χ1v) is 5.23. The zero-order valence-corrected chi connectivity index (χ0v) is 11.6. The van der Waals surface area contributed by atoms with Crippen molar-refractivity contribution in [3.63, 3.8) is 0 Å². The summed E-state index contributed by atoms with van der Waals surface area (Å²) in [6.45, 7) is 3.49. The summed E-state index contributed by atoms with van der Waals surface area (Å²) in [5, 5.41) is 2.70. The Bertz CT molecular complexity index is 376.